The molecule has 4 rings (SSSR count). The standard InChI is InChI=1S/C25H35N5O2S/c1-15(2)32-13-12-26-24-27-16(3)21(23-29-19-8-6-7-9-20(19)33-23)22(30-24)28-18-11-10-17(14-18)25(4,5)31/h6-9,15,17-18,31H,10-14H2,1-5H3,(H2,26,27,28,30). The van der Waals surface area contributed by atoms with E-state index < -0.39 is 5.60 Å². The summed E-state index contributed by atoms with van der Waals surface area (Å²) in [5.74, 6) is 1.66. The molecule has 1 aliphatic carbocycles. The zero-order valence-corrected chi connectivity index (χ0v) is 21.0. The molecular weight excluding hydrogens is 434 g/mol. The quantitative estimate of drug-likeness (QED) is 0.369. The molecule has 3 N–H and O–H groups in total. The van der Waals surface area contributed by atoms with Crippen molar-refractivity contribution in [2.24, 2.45) is 5.92 Å². The highest BCUT2D eigenvalue weighted by Gasteiger charge is 2.35. The fourth-order valence-corrected chi connectivity index (χ4v) is 5.46. The van der Waals surface area contributed by atoms with Gasteiger partial charge in [-0.25, -0.2) is 9.97 Å². The highest BCUT2D eigenvalue weighted by molar-refractivity contribution is 7.21. The van der Waals surface area contributed by atoms with Gasteiger partial charge in [-0.2, -0.15) is 4.98 Å². The number of hydrogen-bond acceptors (Lipinski definition) is 8. The summed E-state index contributed by atoms with van der Waals surface area (Å²) < 4.78 is 6.78. The summed E-state index contributed by atoms with van der Waals surface area (Å²) in [6.45, 7) is 11.1. The summed E-state index contributed by atoms with van der Waals surface area (Å²) in [6, 6.07) is 8.43. The molecule has 2 aromatic heterocycles. The maximum Gasteiger partial charge on any atom is 0.224 e. The van der Waals surface area contributed by atoms with E-state index in [0.29, 0.717) is 19.1 Å². The number of ether oxygens (including phenoxy) is 1. The molecule has 2 atom stereocenters. The number of benzene rings is 1. The van der Waals surface area contributed by atoms with Crippen LogP contribution < -0.4 is 10.6 Å². The van der Waals surface area contributed by atoms with Gasteiger partial charge in [-0.15, -0.1) is 11.3 Å². The molecule has 33 heavy (non-hydrogen) atoms. The lowest BCUT2D eigenvalue weighted by Gasteiger charge is -2.25. The molecule has 178 valence electrons. The summed E-state index contributed by atoms with van der Waals surface area (Å²) in [4.78, 5) is 14.5. The molecule has 2 unspecified atom stereocenters. The second kappa shape index (κ2) is 9.91. The summed E-state index contributed by atoms with van der Waals surface area (Å²) in [5.41, 5.74) is 2.15. The minimum absolute atomic E-state index is 0.194. The first-order valence-electron chi connectivity index (χ1n) is 11.8. The molecule has 1 fully saturated rings. The van der Waals surface area contributed by atoms with Gasteiger partial charge in [0.05, 0.1) is 39.8 Å². The Morgan fingerprint density at radius 1 is 1.18 bits per heavy atom. The number of aromatic nitrogens is 3. The van der Waals surface area contributed by atoms with Gasteiger partial charge in [-0.1, -0.05) is 12.1 Å². The van der Waals surface area contributed by atoms with Crippen molar-refractivity contribution in [2.75, 3.05) is 23.8 Å². The molecule has 0 bridgehead atoms. The lowest BCUT2D eigenvalue weighted by Crippen LogP contribution is -2.30. The second-order valence-electron chi connectivity index (χ2n) is 9.69. The first-order valence-corrected chi connectivity index (χ1v) is 12.6. The number of rotatable bonds is 9. The van der Waals surface area contributed by atoms with Crippen LogP contribution in [0.25, 0.3) is 20.8 Å². The van der Waals surface area contributed by atoms with Crippen molar-refractivity contribution < 1.29 is 9.84 Å². The number of hydrogen-bond donors (Lipinski definition) is 3. The van der Waals surface area contributed by atoms with E-state index in [9.17, 15) is 5.11 Å². The molecule has 0 amide bonds. The Kier molecular flexibility index (Phi) is 7.16. The zero-order chi connectivity index (χ0) is 23.6. The van der Waals surface area contributed by atoms with Gasteiger partial charge in [-0.05, 0) is 71.9 Å². The molecule has 0 spiro atoms. The van der Waals surface area contributed by atoms with Crippen LogP contribution in [0.3, 0.4) is 0 Å². The summed E-state index contributed by atoms with van der Waals surface area (Å²) >= 11 is 1.66. The van der Waals surface area contributed by atoms with Gasteiger partial charge >= 0.3 is 0 Å². The maximum atomic E-state index is 10.5. The van der Waals surface area contributed by atoms with E-state index >= 15 is 0 Å². The molecule has 1 aliphatic rings. The first kappa shape index (κ1) is 23.9. The van der Waals surface area contributed by atoms with Crippen molar-refractivity contribution >= 4 is 33.3 Å². The molecule has 7 nitrogen and oxygen atoms in total. The molecule has 8 heteroatoms. The molecule has 1 aromatic carbocycles. The summed E-state index contributed by atoms with van der Waals surface area (Å²) in [6.07, 6.45) is 3.11. The Bertz CT molecular complexity index is 1060. The molecule has 1 saturated carbocycles. The van der Waals surface area contributed by atoms with Crippen LogP contribution in [0.2, 0.25) is 0 Å². The Balaban J connectivity index is 1.63. The van der Waals surface area contributed by atoms with Gasteiger partial charge in [0.2, 0.25) is 5.95 Å². The van der Waals surface area contributed by atoms with E-state index in [-0.39, 0.29) is 18.1 Å². The van der Waals surface area contributed by atoms with Crippen LogP contribution in [0.5, 0.6) is 0 Å². The molecule has 0 radical (unpaired) electrons. The van der Waals surface area contributed by atoms with E-state index in [4.69, 9.17) is 19.7 Å². The lowest BCUT2D eigenvalue weighted by atomic mass is 9.89. The smallest absolute Gasteiger partial charge is 0.224 e. The van der Waals surface area contributed by atoms with Gasteiger partial charge in [0.15, 0.2) is 0 Å². The third-order valence-corrected chi connectivity index (χ3v) is 7.26. The van der Waals surface area contributed by atoms with Crippen molar-refractivity contribution in [3.05, 3.63) is 30.0 Å². The van der Waals surface area contributed by atoms with Crippen LogP contribution in [0.15, 0.2) is 24.3 Å². The average Bonchev–Trinajstić information content (AvgIpc) is 3.37. The third-order valence-electron chi connectivity index (χ3n) is 6.21. The van der Waals surface area contributed by atoms with E-state index in [0.717, 1.165) is 51.6 Å². The molecular formula is C25H35N5O2S. The highest BCUT2D eigenvalue weighted by atomic mass is 32.1. The third kappa shape index (κ3) is 5.80. The fourth-order valence-electron chi connectivity index (χ4n) is 4.40. The van der Waals surface area contributed by atoms with Crippen LogP contribution in [0.4, 0.5) is 11.8 Å². The van der Waals surface area contributed by atoms with Gasteiger partial charge in [-0.3, -0.25) is 0 Å². The summed E-state index contributed by atoms with van der Waals surface area (Å²) in [5, 5.41) is 18.4. The van der Waals surface area contributed by atoms with Crippen molar-refractivity contribution in [1.29, 1.82) is 0 Å². The maximum absolute atomic E-state index is 10.5. The fraction of sp³-hybridized carbons (Fsp3) is 0.560. The van der Waals surface area contributed by atoms with Crippen molar-refractivity contribution in [1.82, 2.24) is 15.0 Å². The summed E-state index contributed by atoms with van der Waals surface area (Å²) in [7, 11) is 0. The normalized spacial score (nSPS) is 18.9. The van der Waals surface area contributed by atoms with Crippen LogP contribution in [0, 0.1) is 12.8 Å². The van der Waals surface area contributed by atoms with Gasteiger partial charge in [0.25, 0.3) is 0 Å². The Morgan fingerprint density at radius 2 is 1.97 bits per heavy atom. The number of para-hydroxylation sites is 1. The number of thiazole rings is 1. The van der Waals surface area contributed by atoms with Crippen LogP contribution in [-0.2, 0) is 4.74 Å². The van der Waals surface area contributed by atoms with Crippen molar-refractivity contribution in [3.8, 4) is 10.6 Å². The molecule has 3 aromatic rings. The first-order chi connectivity index (χ1) is 15.7. The monoisotopic (exact) mass is 469 g/mol. The Hall–Kier alpha value is -2.29. The minimum atomic E-state index is -0.670. The van der Waals surface area contributed by atoms with E-state index in [1.165, 1.54) is 0 Å². The molecule has 0 aliphatic heterocycles. The van der Waals surface area contributed by atoms with Crippen LogP contribution >= 0.6 is 11.3 Å². The van der Waals surface area contributed by atoms with Gasteiger partial charge in [0, 0.05) is 12.6 Å². The number of fused-ring (bicyclic) bond motifs is 1. The SMILES string of the molecule is Cc1nc(NCCOC(C)C)nc(NC2CCC(C(C)(C)O)C2)c1-c1nc2ccccc2s1. The number of nitrogens with zero attached hydrogens (tertiary/aromatic N) is 3. The van der Waals surface area contributed by atoms with E-state index in [1.807, 2.05) is 52.8 Å². The van der Waals surface area contributed by atoms with Crippen LogP contribution in [-0.4, -0.2) is 51.0 Å². The molecule has 2 heterocycles. The zero-order valence-electron chi connectivity index (χ0n) is 20.2. The predicted octanol–water partition coefficient (Wildman–Crippen LogP) is 5.25. The number of aliphatic hydroxyl groups is 1. The minimum Gasteiger partial charge on any atom is -0.390 e. The number of aryl methyl sites for hydroxylation is 1. The number of nitrogens with one attached hydrogen (secondary N) is 2. The van der Waals surface area contributed by atoms with Crippen LogP contribution in [0.1, 0.15) is 52.7 Å². The highest BCUT2D eigenvalue weighted by Crippen LogP contribution is 2.39. The van der Waals surface area contributed by atoms with E-state index in [1.54, 1.807) is 11.3 Å². The predicted molar refractivity (Wildman–Crippen MR) is 136 cm³/mol. The number of anilines is 2. The molecule has 0 saturated heterocycles. The average molecular weight is 470 g/mol. The largest absolute Gasteiger partial charge is 0.390 e. The van der Waals surface area contributed by atoms with E-state index in [2.05, 4.69) is 16.7 Å². The topological polar surface area (TPSA) is 92.2 Å². The van der Waals surface area contributed by atoms with Crippen molar-refractivity contribution in [2.45, 2.75) is 71.6 Å². The Morgan fingerprint density at radius 3 is 2.67 bits per heavy atom. The second-order valence-corrected chi connectivity index (χ2v) is 10.7. The lowest BCUT2D eigenvalue weighted by molar-refractivity contribution is 0.0197. The van der Waals surface area contributed by atoms with Gasteiger partial charge < -0.3 is 20.5 Å². The van der Waals surface area contributed by atoms with Crippen molar-refractivity contribution in [3.63, 3.8) is 0 Å². The van der Waals surface area contributed by atoms with Gasteiger partial charge in [0.1, 0.15) is 10.8 Å². The Labute approximate surface area is 200 Å².